The van der Waals surface area contributed by atoms with Crippen molar-refractivity contribution in [3.63, 3.8) is 0 Å². The number of hydrogen-bond donors (Lipinski definition) is 1. The SMILES string of the molecule is C=Cc1cncc(N2CCCNCC2)c1. The zero-order valence-electron chi connectivity index (χ0n) is 8.95. The Labute approximate surface area is 90.8 Å². The van der Waals surface area contributed by atoms with E-state index < -0.39 is 0 Å². The van der Waals surface area contributed by atoms with Crippen molar-refractivity contribution in [1.29, 1.82) is 0 Å². The lowest BCUT2D eigenvalue weighted by Crippen LogP contribution is -2.27. The van der Waals surface area contributed by atoms with E-state index in [1.807, 2.05) is 18.5 Å². The van der Waals surface area contributed by atoms with E-state index in [1.54, 1.807) is 0 Å². The van der Waals surface area contributed by atoms with Crippen LogP contribution in [-0.2, 0) is 0 Å². The van der Waals surface area contributed by atoms with Crippen LogP contribution in [0.4, 0.5) is 5.69 Å². The molecule has 15 heavy (non-hydrogen) atoms. The molecule has 1 saturated heterocycles. The molecule has 0 bridgehead atoms. The highest BCUT2D eigenvalue weighted by Crippen LogP contribution is 2.15. The molecule has 2 heterocycles. The van der Waals surface area contributed by atoms with E-state index in [4.69, 9.17) is 0 Å². The van der Waals surface area contributed by atoms with E-state index in [2.05, 4.69) is 27.8 Å². The monoisotopic (exact) mass is 203 g/mol. The Morgan fingerprint density at radius 1 is 1.33 bits per heavy atom. The van der Waals surface area contributed by atoms with Gasteiger partial charge in [-0.2, -0.15) is 0 Å². The second-order valence-corrected chi connectivity index (χ2v) is 3.77. The van der Waals surface area contributed by atoms with Crippen molar-refractivity contribution in [2.75, 3.05) is 31.1 Å². The standard InChI is InChI=1S/C12H17N3/c1-2-11-8-12(10-14-9-11)15-6-3-4-13-5-7-15/h2,8-10,13H,1,3-7H2. The molecule has 1 fully saturated rings. The number of nitrogens with zero attached hydrogens (tertiary/aromatic N) is 2. The van der Waals surface area contributed by atoms with Crippen molar-refractivity contribution in [2.24, 2.45) is 0 Å². The Hall–Kier alpha value is -1.35. The molecule has 1 aromatic rings. The molecule has 2 rings (SSSR count). The zero-order valence-corrected chi connectivity index (χ0v) is 8.95. The van der Waals surface area contributed by atoms with Crippen LogP contribution in [0.5, 0.6) is 0 Å². The van der Waals surface area contributed by atoms with Crippen molar-refractivity contribution < 1.29 is 0 Å². The van der Waals surface area contributed by atoms with Gasteiger partial charge in [-0.3, -0.25) is 4.98 Å². The van der Waals surface area contributed by atoms with Crippen LogP contribution < -0.4 is 10.2 Å². The molecule has 3 heteroatoms. The summed E-state index contributed by atoms with van der Waals surface area (Å²) in [5, 5.41) is 3.39. The van der Waals surface area contributed by atoms with Gasteiger partial charge in [-0.1, -0.05) is 12.7 Å². The molecule has 0 radical (unpaired) electrons. The fourth-order valence-electron chi connectivity index (χ4n) is 1.83. The number of anilines is 1. The lowest BCUT2D eigenvalue weighted by Gasteiger charge is -2.21. The van der Waals surface area contributed by atoms with Crippen molar-refractivity contribution in [1.82, 2.24) is 10.3 Å². The predicted molar refractivity (Wildman–Crippen MR) is 64.0 cm³/mol. The molecule has 0 saturated carbocycles. The second kappa shape index (κ2) is 4.94. The smallest absolute Gasteiger partial charge is 0.0559 e. The number of pyridine rings is 1. The third-order valence-corrected chi connectivity index (χ3v) is 2.69. The second-order valence-electron chi connectivity index (χ2n) is 3.77. The van der Waals surface area contributed by atoms with Gasteiger partial charge in [0.25, 0.3) is 0 Å². The molecule has 0 aliphatic carbocycles. The average molecular weight is 203 g/mol. The Kier molecular flexibility index (Phi) is 3.35. The van der Waals surface area contributed by atoms with Gasteiger partial charge in [-0.25, -0.2) is 0 Å². The summed E-state index contributed by atoms with van der Waals surface area (Å²) < 4.78 is 0. The third kappa shape index (κ3) is 2.57. The number of hydrogen-bond acceptors (Lipinski definition) is 3. The highest BCUT2D eigenvalue weighted by atomic mass is 15.2. The summed E-state index contributed by atoms with van der Waals surface area (Å²) in [7, 11) is 0. The third-order valence-electron chi connectivity index (χ3n) is 2.69. The topological polar surface area (TPSA) is 28.2 Å². The summed E-state index contributed by atoms with van der Waals surface area (Å²) >= 11 is 0. The maximum absolute atomic E-state index is 4.23. The van der Waals surface area contributed by atoms with Crippen LogP contribution >= 0.6 is 0 Å². The predicted octanol–water partition coefficient (Wildman–Crippen LogP) is 1.52. The Bertz CT molecular complexity index is 327. The quantitative estimate of drug-likeness (QED) is 0.790. The molecular weight excluding hydrogens is 186 g/mol. The van der Waals surface area contributed by atoms with Crippen LogP contribution in [0.25, 0.3) is 6.08 Å². The van der Waals surface area contributed by atoms with Crippen LogP contribution in [0.2, 0.25) is 0 Å². The Balaban J connectivity index is 2.15. The first-order valence-electron chi connectivity index (χ1n) is 5.43. The molecular formula is C12H17N3. The number of rotatable bonds is 2. The fourth-order valence-corrected chi connectivity index (χ4v) is 1.83. The van der Waals surface area contributed by atoms with Gasteiger partial charge >= 0.3 is 0 Å². The van der Waals surface area contributed by atoms with Gasteiger partial charge in [0.2, 0.25) is 0 Å². The van der Waals surface area contributed by atoms with Crippen molar-refractivity contribution in [2.45, 2.75) is 6.42 Å². The minimum atomic E-state index is 1.05. The lowest BCUT2D eigenvalue weighted by molar-refractivity contribution is 0.724. The number of aromatic nitrogens is 1. The molecule has 0 atom stereocenters. The lowest BCUT2D eigenvalue weighted by atomic mass is 10.2. The summed E-state index contributed by atoms with van der Waals surface area (Å²) in [6.07, 6.45) is 6.80. The summed E-state index contributed by atoms with van der Waals surface area (Å²) in [6.45, 7) is 8.10. The van der Waals surface area contributed by atoms with Crippen LogP contribution in [0, 0.1) is 0 Å². The Morgan fingerprint density at radius 2 is 2.27 bits per heavy atom. The molecule has 3 nitrogen and oxygen atoms in total. The van der Waals surface area contributed by atoms with E-state index in [0.717, 1.165) is 31.7 Å². The summed E-state index contributed by atoms with van der Waals surface area (Å²) in [5.41, 5.74) is 2.29. The highest BCUT2D eigenvalue weighted by molar-refractivity contribution is 5.55. The summed E-state index contributed by atoms with van der Waals surface area (Å²) in [6, 6.07) is 2.14. The zero-order chi connectivity index (χ0) is 10.5. The molecule has 0 amide bonds. The largest absolute Gasteiger partial charge is 0.369 e. The molecule has 0 spiro atoms. The molecule has 0 aromatic carbocycles. The van der Waals surface area contributed by atoms with Gasteiger partial charge in [-0.15, -0.1) is 0 Å². The van der Waals surface area contributed by atoms with Gasteiger partial charge in [0.1, 0.15) is 0 Å². The molecule has 1 aliphatic heterocycles. The minimum absolute atomic E-state index is 1.05. The fraction of sp³-hybridized carbons (Fsp3) is 0.417. The molecule has 1 aliphatic rings. The van der Waals surface area contributed by atoms with Crippen molar-refractivity contribution in [3.05, 3.63) is 30.6 Å². The molecule has 80 valence electrons. The van der Waals surface area contributed by atoms with Crippen molar-refractivity contribution >= 4 is 11.8 Å². The Morgan fingerprint density at radius 3 is 3.13 bits per heavy atom. The maximum Gasteiger partial charge on any atom is 0.0559 e. The number of nitrogens with one attached hydrogen (secondary N) is 1. The van der Waals surface area contributed by atoms with E-state index in [1.165, 1.54) is 12.1 Å². The van der Waals surface area contributed by atoms with Crippen LogP contribution in [0.3, 0.4) is 0 Å². The van der Waals surface area contributed by atoms with E-state index >= 15 is 0 Å². The van der Waals surface area contributed by atoms with E-state index in [-0.39, 0.29) is 0 Å². The van der Waals surface area contributed by atoms with Crippen LogP contribution in [0.15, 0.2) is 25.0 Å². The van der Waals surface area contributed by atoms with Crippen LogP contribution in [0.1, 0.15) is 12.0 Å². The first-order chi connectivity index (χ1) is 7.40. The van der Waals surface area contributed by atoms with Crippen LogP contribution in [-0.4, -0.2) is 31.2 Å². The minimum Gasteiger partial charge on any atom is -0.369 e. The maximum atomic E-state index is 4.23. The van der Waals surface area contributed by atoms with Gasteiger partial charge in [0, 0.05) is 25.8 Å². The molecule has 1 N–H and O–H groups in total. The summed E-state index contributed by atoms with van der Waals surface area (Å²) in [4.78, 5) is 6.60. The van der Waals surface area contributed by atoms with Crippen molar-refractivity contribution in [3.8, 4) is 0 Å². The first kappa shape index (κ1) is 10.2. The van der Waals surface area contributed by atoms with E-state index in [0.29, 0.717) is 0 Å². The highest BCUT2D eigenvalue weighted by Gasteiger charge is 2.09. The van der Waals surface area contributed by atoms with Gasteiger partial charge < -0.3 is 10.2 Å². The summed E-state index contributed by atoms with van der Waals surface area (Å²) in [5.74, 6) is 0. The normalized spacial score (nSPS) is 17.2. The average Bonchev–Trinajstić information content (AvgIpc) is 2.58. The molecule has 1 aromatic heterocycles. The van der Waals surface area contributed by atoms with Gasteiger partial charge in [-0.05, 0) is 24.6 Å². The molecule has 0 unspecified atom stereocenters. The first-order valence-corrected chi connectivity index (χ1v) is 5.43. The van der Waals surface area contributed by atoms with Gasteiger partial charge in [0.15, 0.2) is 0 Å². The van der Waals surface area contributed by atoms with E-state index in [9.17, 15) is 0 Å². The van der Waals surface area contributed by atoms with Gasteiger partial charge in [0.05, 0.1) is 11.9 Å².